The fourth-order valence-electron chi connectivity index (χ4n) is 7.68. The molecule has 4 heterocycles. The predicted molar refractivity (Wildman–Crippen MR) is 180 cm³/mol. The molecular weight excluding hydrogens is 634 g/mol. The molecular formula is C37H42ClN3O7. The van der Waals surface area contributed by atoms with Crippen LogP contribution in [0, 0.1) is 17.8 Å². The van der Waals surface area contributed by atoms with Gasteiger partial charge in [0.1, 0.15) is 23.7 Å². The van der Waals surface area contributed by atoms with E-state index in [1.807, 2.05) is 56.3 Å². The predicted octanol–water partition coefficient (Wildman–Crippen LogP) is 4.37. The molecule has 2 fully saturated rings. The van der Waals surface area contributed by atoms with Crippen LogP contribution in [0.2, 0.25) is 5.02 Å². The van der Waals surface area contributed by atoms with Crippen LogP contribution in [-0.2, 0) is 28.7 Å². The molecule has 3 amide bonds. The molecule has 4 aliphatic rings. The molecule has 10 nitrogen and oxygen atoms in total. The van der Waals surface area contributed by atoms with Gasteiger partial charge in [-0.3, -0.25) is 19.2 Å². The number of ether oxygens (including phenoxy) is 2. The maximum Gasteiger partial charge on any atom is 0.313 e. The largest absolute Gasteiger partial charge is 0.455 e. The molecule has 5 bridgehead atoms. The van der Waals surface area contributed by atoms with Crippen LogP contribution in [0.1, 0.15) is 51.7 Å². The van der Waals surface area contributed by atoms with E-state index in [1.165, 1.54) is 4.90 Å². The minimum Gasteiger partial charge on any atom is -0.455 e. The van der Waals surface area contributed by atoms with E-state index in [0.29, 0.717) is 29.1 Å². The van der Waals surface area contributed by atoms with Crippen molar-refractivity contribution in [3.8, 4) is 0 Å². The second kappa shape index (κ2) is 13.9. The number of aliphatic hydroxyl groups excluding tert-OH is 1. The van der Waals surface area contributed by atoms with Gasteiger partial charge in [-0.15, -0.1) is 0 Å². The van der Waals surface area contributed by atoms with Crippen molar-refractivity contribution in [1.29, 1.82) is 0 Å². The van der Waals surface area contributed by atoms with E-state index in [9.17, 15) is 24.3 Å². The second-order valence-electron chi connectivity index (χ2n) is 13.5. The molecule has 0 unspecified atom stereocenters. The van der Waals surface area contributed by atoms with E-state index in [1.54, 1.807) is 48.2 Å². The maximum atomic E-state index is 15.0. The highest BCUT2D eigenvalue weighted by Crippen LogP contribution is 2.56. The molecule has 0 aliphatic carbocycles. The first-order chi connectivity index (χ1) is 23.1. The number of hydrogen-bond donors (Lipinski definition) is 2. The summed E-state index contributed by atoms with van der Waals surface area (Å²) in [5.74, 6) is -3.73. The van der Waals surface area contributed by atoms with Gasteiger partial charge in [-0.25, -0.2) is 0 Å². The minimum atomic E-state index is -1.46. The molecule has 48 heavy (non-hydrogen) atoms. The molecule has 0 radical (unpaired) electrons. The summed E-state index contributed by atoms with van der Waals surface area (Å²) >= 11 is 6.20. The summed E-state index contributed by atoms with van der Waals surface area (Å²) in [5.41, 5.74) is -0.223. The Morgan fingerprint density at radius 1 is 1.02 bits per heavy atom. The van der Waals surface area contributed by atoms with Gasteiger partial charge in [-0.1, -0.05) is 80.1 Å². The smallest absolute Gasteiger partial charge is 0.313 e. The summed E-state index contributed by atoms with van der Waals surface area (Å²) in [6, 6.07) is 13.5. The van der Waals surface area contributed by atoms with Crippen molar-refractivity contribution in [3.63, 3.8) is 0 Å². The molecule has 254 valence electrons. The topological polar surface area (TPSA) is 125 Å². The minimum absolute atomic E-state index is 0.0985. The van der Waals surface area contributed by atoms with E-state index in [4.69, 9.17) is 21.1 Å². The first kappa shape index (κ1) is 33.9. The van der Waals surface area contributed by atoms with Crippen molar-refractivity contribution in [2.24, 2.45) is 17.8 Å². The number of nitrogens with zero attached hydrogens (tertiary/aromatic N) is 2. The lowest BCUT2D eigenvalue weighted by Gasteiger charge is -2.39. The number of hydrogen-bond acceptors (Lipinski definition) is 7. The van der Waals surface area contributed by atoms with Gasteiger partial charge in [0.15, 0.2) is 0 Å². The standard InChI is InChI=1S/C37H42ClN3O7/c1-22(2)20-27(21-42)41-33-35(45)40(26-15-13-25(38)14-16-26)19-9-5-8-12-29(43)39-23(3)32(24-10-6-4-7-11-24)47-36(46)30-28-17-18-37(33,48-28)31(30)34(41)44/h4-7,9-11,13-18,22-23,27-28,30-33,42H,8,12,19-21H2,1-3H3,(H,39,43)/b9-5-/t23-,27-,28+,30-,31-,32+,33+,37-/m1/s1. The van der Waals surface area contributed by atoms with Crippen LogP contribution in [0.25, 0.3) is 0 Å². The van der Waals surface area contributed by atoms with Crippen molar-refractivity contribution in [1.82, 2.24) is 10.2 Å². The normalized spacial score (nSPS) is 32.0. The molecule has 2 N–H and O–H groups in total. The Labute approximate surface area is 285 Å². The molecule has 2 aromatic rings. The number of rotatable bonds is 6. The number of nitrogens with one attached hydrogen (secondary N) is 1. The average molecular weight is 676 g/mol. The van der Waals surface area contributed by atoms with Gasteiger partial charge in [0, 0.05) is 23.7 Å². The summed E-state index contributed by atoms with van der Waals surface area (Å²) in [6.07, 6.45) is 6.54. The van der Waals surface area contributed by atoms with E-state index < -0.39 is 65.6 Å². The van der Waals surface area contributed by atoms with Gasteiger partial charge in [-0.2, -0.15) is 0 Å². The number of benzene rings is 2. The van der Waals surface area contributed by atoms with Gasteiger partial charge in [0.05, 0.1) is 30.7 Å². The Kier molecular flexibility index (Phi) is 9.79. The summed E-state index contributed by atoms with van der Waals surface area (Å²) in [6.45, 7) is 5.53. The molecule has 8 atom stereocenters. The first-order valence-corrected chi connectivity index (χ1v) is 17.0. The van der Waals surface area contributed by atoms with Crippen molar-refractivity contribution >= 4 is 41.0 Å². The zero-order valence-corrected chi connectivity index (χ0v) is 28.1. The van der Waals surface area contributed by atoms with Crippen LogP contribution in [0.4, 0.5) is 5.69 Å². The Morgan fingerprint density at radius 2 is 1.75 bits per heavy atom. The van der Waals surface area contributed by atoms with Gasteiger partial charge in [-0.05, 0) is 55.5 Å². The third-order valence-corrected chi connectivity index (χ3v) is 10.0. The molecule has 4 aliphatic heterocycles. The number of allylic oxidation sites excluding steroid dienone is 1. The number of fused-ring (bicyclic) bond motifs is 2. The fourth-order valence-corrected chi connectivity index (χ4v) is 7.81. The number of halogens is 1. The number of carbonyl (C=O) groups excluding carboxylic acids is 4. The molecule has 2 aromatic carbocycles. The third kappa shape index (κ3) is 6.17. The van der Waals surface area contributed by atoms with Crippen molar-refractivity contribution in [2.45, 2.75) is 76.0 Å². The van der Waals surface area contributed by atoms with Crippen molar-refractivity contribution in [2.75, 3.05) is 18.1 Å². The second-order valence-corrected chi connectivity index (χ2v) is 13.9. The zero-order chi connectivity index (χ0) is 34.2. The highest BCUT2D eigenvalue weighted by Gasteiger charge is 2.74. The summed E-state index contributed by atoms with van der Waals surface area (Å²) < 4.78 is 12.8. The lowest BCUT2D eigenvalue weighted by Crippen LogP contribution is -2.59. The lowest BCUT2D eigenvalue weighted by atomic mass is 9.74. The lowest BCUT2D eigenvalue weighted by molar-refractivity contribution is -0.161. The van der Waals surface area contributed by atoms with Gasteiger partial charge >= 0.3 is 5.97 Å². The van der Waals surface area contributed by atoms with E-state index in [0.717, 1.165) is 0 Å². The molecule has 6 rings (SSSR count). The Bertz CT molecular complexity index is 1600. The van der Waals surface area contributed by atoms with Crippen LogP contribution in [0.15, 0.2) is 78.9 Å². The SMILES string of the molecule is CC(C)C[C@H](CO)N1C(=O)[C@H]2[C@@H]3C(=O)O[C@H](c4ccccc4)[C@@H](C)NC(=O)CC/C=C\CN(c4ccc(Cl)cc4)C(=O)[C@H]1[C@@]21C=C[C@@H]3O1. The van der Waals surface area contributed by atoms with Crippen molar-refractivity contribution in [3.05, 3.63) is 89.5 Å². The third-order valence-electron chi connectivity index (χ3n) is 9.78. The fraction of sp³-hybridized carbons (Fsp3) is 0.459. The monoisotopic (exact) mass is 675 g/mol. The van der Waals surface area contributed by atoms with Gasteiger partial charge in [0.25, 0.3) is 5.91 Å². The van der Waals surface area contributed by atoms with Crippen molar-refractivity contribution < 1.29 is 33.8 Å². The number of amides is 3. The Balaban J connectivity index is 1.47. The highest BCUT2D eigenvalue weighted by molar-refractivity contribution is 6.30. The van der Waals surface area contributed by atoms with E-state index in [2.05, 4.69) is 5.32 Å². The van der Waals surface area contributed by atoms with Crippen LogP contribution < -0.4 is 10.2 Å². The van der Waals surface area contributed by atoms with E-state index >= 15 is 0 Å². The van der Waals surface area contributed by atoms with Gasteiger partial charge < -0.3 is 29.7 Å². The first-order valence-electron chi connectivity index (χ1n) is 16.6. The quantitative estimate of drug-likeness (QED) is 0.344. The molecule has 0 saturated carbocycles. The number of carbonyl (C=O) groups is 4. The van der Waals surface area contributed by atoms with E-state index in [-0.39, 0.29) is 31.4 Å². The summed E-state index contributed by atoms with van der Waals surface area (Å²) in [5, 5.41) is 14.1. The van der Waals surface area contributed by atoms with Gasteiger partial charge in [0.2, 0.25) is 11.8 Å². The highest BCUT2D eigenvalue weighted by atomic mass is 35.5. The Hall–Kier alpha value is -3.99. The van der Waals surface area contributed by atoms with Crippen LogP contribution in [0.5, 0.6) is 0 Å². The van der Waals surface area contributed by atoms with Crippen LogP contribution in [-0.4, -0.2) is 76.7 Å². The number of cyclic esters (lactones) is 1. The summed E-state index contributed by atoms with van der Waals surface area (Å²) in [7, 11) is 0. The molecule has 11 heteroatoms. The molecule has 2 saturated heterocycles. The zero-order valence-electron chi connectivity index (χ0n) is 27.3. The van der Waals surface area contributed by atoms with Crippen LogP contribution >= 0.6 is 11.6 Å². The molecule has 0 aromatic heterocycles. The van der Waals surface area contributed by atoms with Crippen LogP contribution in [0.3, 0.4) is 0 Å². The average Bonchev–Trinajstić information content (AvgIpc) is 3.71. The number of aliphatic hydroxyl groups is 1. The number of esters is 1. The molecule has 1 spiro atoms. The number of likely N-dealkylation sites (tertiary alicyclic amines) is 1. The Morgan fingerprint density at radius 3 is 2.44 bits per heavy atom. The summed E-state index contributed by atoms with van der Waals surface area (Å²) in [4.78, 5) is 59.9. The number of anilines is 1. The maximum absolute atomic E-state index is 15.0.